The molecule has 170 valence electrons. The number of nitro benzene ring substituents is 1. The van der Waals surface area contributed by atoms with Gasteiger partial charge in [0, 0.05) is 23.4 Å². The molecule has 0 fully saturated rings. The van der Waals surface area contributed by atoms with E-state index in [2.05, 4.69) is 15.8 Å². The minimum absolute atomic E-state index is 0.111. The number of benzene rings is 3. The predicted octanol–water partition coefficient (Wildman–Crippen LogP) is 4.84. The fraction of sp³-hybridized carbons (Fsp3) is 0.0417. The van der Waals surface area contributed by atoms with Crippen LogP contribution in [0.5, 0.6) is 0 Å². The monoisotopic (exact) mass is 474 g/mol. The lowest BCUT2D eigenvalue weighted by Gasteiger charge is -2.06. The van der Waals surface area contributed by atoms with Crippen LogP contribution < -0.4 is 10.7 Å². The zero-order chi connectivity index (χ0) is 23.9. The van der Waals surface area contributed by atoms with Crippen molar-refractivity contribution in [1.82, 2.24) is 5.43 Å². The summed E-state index contributed by atoms with van der Waals surface area (Å²) in [6, 6.07) is 22.3. The van der Waals surface area contributed by atoms with E-state index in [1.165, 1.54) is 36.2 Å². The molecular weight excluding hydrogens is 456 g/mol. The molecule has 0 aliphatic heterocycles. The third-order valence-electron chi connectivity index (χ3n) is 4.66. The molecule has 1 heterocycles. The van der Waals surface area contributed by atoms with Crippen molar-refractivity contribution in [1.29, 1.82) is 0 Å². The molecule has 4 rings (SSSR count). The molecule has 0 unspecified atom stereocenters. The Morgan fingerprint density at radius 3 is 2.65 bits per heavy atom. The topological polar surface area (TPSA) is 127 Å². The number of hydrogen-bond donors (Lipinski definition) is 2. The summed E-state index contributed by atoms with van der Waals surface area (Å²) in [7, 11) is 0. The fourth-order valence-electron chi connectivity index (χ4n) is 3.06. The molecule has 0 bridgehead atoms. The summed E-state index contributed by atoms with van der Waals surface area (Å²) in [5.74, 6) is -0.236. The molecule has 0 aliphatic rings. The largest absolute Gasteiger partial charge is 0.449 e. The first-order valence-corrected chi connectivity index (χ1v) is 11.1. The number of nitrogens with zero attached hydrogens (tertiary/aromatic N) is 2. The van der Waals surface area contributed by atoms with Crippen molar-refractivity contribution >= 4 is 51.9 Å². The zero-order valence-electron chi connectivity index (χ0n) is 17.6. The van der Waals surface area contributed by atoms with Crippen LogP contribution in [0, 0.1) is 10.1 Å². The molecule has 10 heteroatoms. The molecule has 3 aromatic carbocycles. The van der Waals surface area contributed by atoms with Crippen LogP contribution in [0.1, 0.15) is 16.1 Å². The normalized spacial score (nSPS) is 10.9. The van der Waals surface area contributed by atoms with Crippen molar-refractivity contribution < 1.29 is 18.9 Å². The van der Waals surface area contributed by atoms with Crippen molar-refractivity contribution in [3.05, 3.63) is 100 Å². The highest BCUT2D eigenvalue weighted by molar-refractivity contribution is 7.99. The first kappa shape index (κ1) is 22.7. The number of thioether (sulfide) groups is 1. The number of hydrazone groups is 1. The van der Waals surface area contributed by atoms with Gasteiger partial charge < -0.3 is 9.73 Å². The highest BCUT2D eigenvalue weighted by Crippen LogP contribution is 2.22. The number of amides is 2. The number of rotatable bonds is 8. The molecule has 2 amide bonds. The van der Waals surface area contributed by atoms with Gasteiger partial charge in [-0.2, -0.15) is 5.10 Å². The number of anilines is 1. The zero-order valence-corrected chi connectivity index (χ0v) is 18.5. The first-order chi connectivity index (χ1) is 16.5. The van der Waals surface area contributed by atoms with Gasteiger partial charge in [0.2, 0.25) is 5.91 Å². The van der Waals surface area contributed by atoms with Crippen LogP contribution in [0.15, 0.2) is 93.5 Å². The van der Waals surface area contributed by atoms with E-state index in [1.54, 1.807) is 12.1 Å². The molecule has 0 radical (unpaired) electrons. The Kier molecular flexibility index (Phi) is 6.99. The van der Waals surface area contributed by atoms with Crippen LogP contribution in [0.25, 0.3) is 10.8 Å². The third-order valence-corrected chi connectivity index (χ3v) is 5.57. The minimum Gasteiger partial charge on any atom is -0.449 e. The quantitative estimate of drug-likeness (QED) is 0.163. The Hall–Kier alpha value is -4.44. The van der Waals surface area contributed by atoms with E-state index in [-0.39, 0.29) is 22.9 Å². The molecule has 0 spiro atoms. The summed E-state index contributed by atoms with van der Waals surface area (Å²) < 4.78 is 5.57. The average Bonchev–Trinajstić information content (AvgIpc) is 3.30. The Bertz CT molecular complexity index is 1400. The Balaban J connectivity index is 1.27. The third kappa shape index (κ3) is 5.87. The van der Waals surface area contributed by atoms with Crippen LogP contribution in [0.3, 0.4) is 0 Å². The van der Waals surface area contributed by atoms with Crippen molar-refractivity contribution in [2.75, 3.05) is 11.1 Å². The van der Waals surface area contributed by atoms with Crippen LogP contribution in [0.4, 0.5) is 11.4 Å². The van der Waals surface area contributed by atoms with Gasteiger partial charge in [0.05, 0.1) is 16.9 Å². The lowest BCUT2D eigenvalue weighted by molar-refractivity contribution is -0.384. The number of nitro groups is 1. The smallest absolute Gasteiger partial charge is 0.271 e. The Morgan fingerprint density at radius 2 is 1.82 bits per heavy atom. The number of hydrogen-bond acceptors (Lipinski definition) is 7. The summed E-state index contributed by atoms with van der Waals surface area (Å²) in [6.07, 6.45) is 1.30. The minimum atomic E-state index is -0.591. The van der Waals surface area contributed by atoms with Crippen LogP contribution >= 0.6 is 11.8 Å². The van der Waals surface area contributed by atoms with Gasteiger partial charge in [-0.1, -0.05) is 48.2 Å². The molecule has 0 atom stereocenters. The summed E-state index contributed by atoms with van der Waals surface area (Å²) in [5.41, 5.74) is 2.93. The van der Waals surface area contributed by atoms with Crippen LogP contribution in [-0.2, 0) is 4.79 Å². The second-order valence-electron chi connectivity index (χ2n) is 7.06. The number of furan rings is 1. The SMILES string of the molecule is O=C(CSc1ccc(/C=N/NC(=O)c2cccc([N+](=O)[O-])c2)o1)Nc1ccc2ccccc2c1. The van der Waals surface area contributed by atoms with E-state index in [9.17, 15) is 19.7 Å². The van der Waals surface area contributed by atoms with Gasteiger partial charge in [0.1, 0.15) is 5.76 Å². The van der Waals surface area contributed by atoms with E-state index in [0.717, 1.165) is 22.5 Å². The van der Waals surface area contributed by atoms with Gasteiger partial charge in [-0.3, -0.25) is 19.7 Å². The van der Waals surface area contributed by atoms with E-state index in [1.807, 2.05) is 42.5 Å². The number of carbonyl (C=O) groups excluding carboxylic acids is 2. The fourth-order valence-corrected chi connectivity index (χ4v) is 3.73. The average molecular weight is 474 g/mol. The second-order valence-corrected chi connectivity index (χ2v) is 8.04. The van der Waals surface area contributed by atoms with Crippen molar-refractivity contribution in [2.24, 2.45) is 5.10 Å². The van der Waals surface area contributed by atoms with Gasteiger partial charge in [-0.15, -0.1) is 0 Å². The van der Waals surface area contributed by atoms with Crippen molar-refractivity contribution in [2.45, 2.75) is 5.09 Å². The van der Waals surface area contributed by atoms with Crippen molar-refractivity contribution in [3.63, 3.8) is 0 Å². The lowest BCUT2D eigenvalue weighted by Crippen LogP contribution is -2.17. The van der Waals surface area contributed by atoms with Gasteiger partial charge in [0.25, 0.3) is 11.6 Å². The lowest BCUT2D eigenvalue weighted by atomic mass is 10.1. The Labute approximate surface area is 198 Å². The molecule has 34 heavy (non-hydrogen) atoms. The standard InChI is InChI=1S/C24H18N4O5S/c29-22(26-19-9-8-16-4-1-2-5-17(16)12-19)15-34-23-11-10-21(33-23)14-25-27-24(30)18-6-3-7-20(13-18)28(31)32/h1-14H,15H2,(H,26,29)(H,27,30)/b25-14+. The maximum absolute atomic E-state index is 12.3. The summed E-state index contributed by atoms with van der Waals surface area (Å²) in [4.78, 5) is 34.6. The first-order valence-electron chi connectivity index (χ1n) is 10.1. The van der Waals surface area contributed by atoms with E-state index in [4.69, 9.17) is 4.42 Å². The molecule has 1 aromatic heterocycles. The molecule has 0 saturated carbocycles. The van der Waals surface area contributed by atoms with Crippen molar-refractivity contribution in [3.8, 4) is 0 Å². The molecule has 0 aliphatic carbocycles. The maximum atomic E-state index is 12.3. The van der Waals surface area contributed by atoms with Gasteiger partial charge in [0.15, 0.2) is 5.09 Å². The summed E-state index contributed by atoms with van der Waals surface area (Å²) >= 11 is 1.22. The molecular formula is C24H18N4O5S. The summed E-state index contributed by atoms with van der Waals surface area (Å²) in [6.45, 7) is 0. The highest BCUT2D eigenvalue weighted by Gasteiger charge is 2.11. The van der Waals surface area contributed by atoms with E-state index >= 15 is 0 Å². The van der Waals surface area contributed by atoms with Crippen LogP contribution in [0.2, 0.25) is 0 Å². The maximum Gasteiger partial charge on any atom is 0.271 e. The molecule has 9 nitrogen and oxygen atoms in total. The number of non-ortho nitro benzene ring substituents is 1. The summed E-state index contributed by atoms with van der Waals surface area (Å²) in [5, 5.41) is 20.1. The second kappa shape index (κ2) is 10.5. The molecule has 2 N–H and O–H groups in total. The van der Waals surface area contributed by atoms with E-state index in [0.29, 0.717) is 10.9 Å². The highest BCUT2D eigenvalue weighted by atomic mass is 32.2. The number of carbonyl (C=O) groups is 2. The molecule has 0 saturated heterocycles. The van der Waals surface area contributed by atoms with Gasteiger partial charge in [-0.05, 0) is 41.1 Å². The number of nitrogens with one attached hydrogen (secondary N) is 2. The molecule has 4 aromatic rings. The predicted molar refractivity (Wildman–Crippen MR) is 130 cm³/mol. The van der Waals surface area contributed by atoms with Crippen LogP contribution in [-0.4, -0.2) is 28.7 Å². The Morgan fingerprint density at radius 1 is 1.00 bits per heavy atom. The number of fused-ring (bicyclic) bond motifs is 1. The van der Waals surface area contributed by atoms with Gasteiger partial charge >= 0.3 is 0 Å². The van der Waals surface area contributed by atoms with Gasteiger partial charge in [-0.25, -0.2) is 5.43 Å². The van der Waals surface area contributed by atoms with E-state index < -0.39 is 10.8 Å².